The molecule has 1 aromatic carbocycles. The number of hydrogen-bond donors (Lipinski definition) is 3. The van der Waals surface area contributed by atoms with Crippen molar-refractivity contribution in [3.8, 4) is 0 Å². The fourth-order valence-corrected chi connectivity index (χ4v) is 3.17. The Morgan fingerprint density at radius 1 is 1.56 bits per heavy atom. The molecule has 0 aliphatic carbocycles. The van der Waals surface area contributed by atoms with Crippen LogP contribution in [0.1, 0.15) is 6.92 Å². The second-order valence-electron chi connectivity index (χ2n) is 4.12. The first-order valence-electron chi connectivity index (χ1n) is 5.69. The number of nitrogens with one attached hydrogen (secondary N) is 1. The lowest BCUT2D eigenvalue weighted by Crippen LogP contribution is -2.31. The molecule has 4 N–H and O–H groups in total. The standard InChI is InChI=1S/C12H17N3OS2/c1-7(10(5-16)17-2)15-8-3-4-9-12(11(8)13)14-6-18-9/h3-4,6-7,10,15-16H,5,13H2,1-2H3. The van der Waals surface area contributed by atoms with E-state index in [1.165, 1.54) is 0 Å². The van der Waals surface area contributed by atoms with Gasteiger partial charge >= 0.3 is 0 Å². The van der Waals surface area contributed by atoms with Crippen molar-refractivity contribution in [1.29, 1.82) is 0 Å². The molecule has 1 aromatic heterocycles. The summed E-state index contributed by atoms with van der Waals surface area (Å²) < 4.78 is 1.09. The monoisotopic (exact) mass is 283 g/mol. The molecule has 0 saturated heterocycles. The van der Waals surface area contributed by atoms with Gasteiger partial charge in [-0.3, -0.25) is 0 Å². The Morgan fingerprint density at radius 2 is 2.33 bits per heavy atom. The van der Waals surface area contributed by atoms with Gasteiger partial charge in [0.1, 0.15) is 5.52 Å². The first-order chi connectivity index (χ1) is 8.67. The van der Waals surface area contributed by atoms with Crippen molar-refractivity contribution in [2.24, 2.45) is 0 Å². The largest absolute Gasteiger partial charge is 0.395 e. The lowest BCUT2D eigenvalue weighted by Gasteiger charge is -2.23. The van der Waals surface area contributed by atoms with Crippen LogP contribution in [0.4, 0.5) is 11.4 Å². The summed E-state index contributed by atoms with van der Waals surface area (Å²) in [6, 6.07) is 4.13. The van der Waals surface area contributed by atoms with E-state index in [2.05, 4.69) is 10.3 Å². The number of benzene rings is 1. The molecule has 18 heavy (non-hydrogen) atoms. The molecule has 0 saturated carbocycles. The molecule has 0 spiro atoms. The molecule has 2 unspecified atom stereocenters. The average Bonchev–Trinajstić information content (AvgIpc) is 2.83. The number of thiazole rings is 1. The van der Waals surface area contributed by atoms with E-state index < -0.39 is 0 Å². The van der Waals surface area contributed by atoms with Gasteiger partial charge < -0.3 is 16.2 Å². The number of anilines is 2. The van der Waals surface area contributed by atoms with Crippen LogP contribution in [0, 0.1) is 0 Å². The summed E-state index contributed by atoms with van der Waals surface area (Å²) in [5.41, 5.74) is 10.3. The van der Waals surface area contributed by atoms with Crippen LogP contribution in [-0.4, -0.2) is 34.2 Å². The maximum atomic E-state index is 9.28. The zero-order valence-electron chi connectivity index (χ0n) is 10.4. The number of aliphatic hydroxyl groups is 1. The van der Waals surface area contributed by atoms with Crippen LogP contribution in [0.5, 0.6) is 0 Å². The van der Waals surface area contributed by atoms with Crippen molar-refractivity contribution in [3.05, 3.63) is 17.6 Å². The van der Waals surface area contributed by atoms with Crippen molar-refractivity contribution in [2.45, 2.75) is 18.2 Å². The van der Waals surface area contributed by atoms with Gasteiger partial charge in [-0.15, -0.1) is 11.3 Å². The van der Waals surface area contributed by atoms with Gasteiger partial charge in [0.2, 0.25) is 0 Å². The molecule has 0 amide bonds. The Bertz CT molecular complexity index is 525. The number of nitrogens with zero attached hydrogens (tertiary/aromatic N) is 1. The molecule has 6 heteroatoms. The zero-order valence-corrected chi connectivity index (χ0v) is 12.0. The number of aliphatic hydroxyl groups excluding tert-OH is 1. The van der Waals surface area contributed by atoms with Gasteiger partial charge in [0, 0.05) is 11.3 Å². The van der Waals surface area contributed by atoms with Crippen LogP contribution >= 0.6 is 23.1 Å². The van der Waals surface area contributed by atoms with E-state index in [-0.39, 0.29) is 17.9 Å². The maximum absolute atomic E-state index is 9.28. The van der Waals surface area contributed by atoms with E-state index in [1.807, 2.05) is 25.3 Å². The van der Waals surface area contributed by atoms with E-state index in [0.717, 1.165) is 15.9 Å². The Kier molecular flexibility index (Phi) is 4.31. The lowest BCUT2D eigenvalue weighted by atomic mass is 10.2. The molecule has 2 atom stereocenters. The molecule has 1 heterocycles. The third-order valence-electron chi connectivity index (χ3n) is 2.97. The summed E-state index contributed by atoms with van der Waals surface area (Å²) in [5, 5.41) is 12.8. The summed E-state index contributed by atoms with van der Waals surface area (Å²) >= 11 is 3.22. The van der Waals surface area contributed by atoms with Crippen LogP contribution in [0.15, 0.2) is 17.6 Å². The summed E-state index contributed by atoms with van der Waals surface area (Å²) in [7, 11) is 0. The summed E-state index contributed by atoms with van der Waals surface area (Å²) in [5.74, 6) is 0. The van der Waals surface area contributed by atoms with Crippen molar-refractivity contribution < 1.29 is 5.11 Å². The summed E-state index contributed by atoms with van der Waals surface area (Å²) in [6.07, 6.45) is 1.99. The van der Waals surface area contributed by atoms with Crippen molar-refractivity contribution in [3.63, 3.8) is 0 Å². The topological polar surface area (TPSA) is 71.2 Å². The molecule has 0 radical (unpaired) electrons. The molecular formula is C12H17N3OS2. The van der Waals surface area contributed by atoms with Crippen LogP contribution < -0.4 is 11.1 Å². The molecular weight excluding hydrogens is 266 g/mol. The Balaban J connectivity index is 2.23. The second-order valence-corrected chi connectivity index (χ2v) is 6.08. The molecule has 0 fully saturated rings. The fraction of sp³-hybridized carbons (Fsp3) is 0.417. The maximum Gasteiger partial charge on any atom is 0.106 e. The summed E-state index contributed by atoms with van der Waals surface area (Å²) in [4.78, 5) is 4.27. The predicted octanol–water partition coefficient (Wildman–Crippen LogP) is 2.40. The van der Waals surface area contributed by atoms with Crippen LogP contribution in [0.2, 0.25) is 0 Å². The highest BCUT2D eigenvalue weighted by Crippen LogP contribution is 2.31. The van der Waals surface area contributed by atoms with Gasteiger partial charge in [0.15, 0.2) is 0 Å². The van der Waals surface area contributed by atoms with Crippen molar-refractivity contribution >= 4 is 44.7 Å². The van der Waals surface area contributed by atoms with Gasteiger partial charge in [0.25, 0.3) is 0 Å². The highest BCUT2D eigenvalue weighted by atomic mass is 32.2. The fourth-order valence-electron chi connectivity index (χ4n) is 1.85. The molecule has 0 bridgehead atoms. The molecule has 4 nitrogen and oxygen atoms in total. The number of hydrogen-bond acceptors (Lipinski definition) is 6. The number of nitrogen functional groups attached to an aromatic ring is 1. The molecule has 0 aliphatic rings. The van der Waals surface area contributed by atoms with Gasteiger partial charge in [-0.25, -0.2) is 4.98 Å². The van der Waals surface area contributed by atoms with Crippen molar-refractivity contribution in [2.75, 3.05) is 23.9 Å². The second kappa shape index (κ2) is 5.77. The van der Waals surface area contributed by atoms with E-state index >= 15 is 0 Å². The number of fused-ring (bicyclic) bond motifs is 1. The normalized spacial score (nSPS) is 14.6. The minimum Gasteiger partial charge on any atom is -0.395 e. The highest BCUT2D eigenvalue weighted by Gasteiger charge is 2.16. The number of rotatable bonds is 5. The van der Waals surface area contributed by atoms with E-state index in [9.17, 15) is 5.11 Å². The minimum absolute atomic E-state index is 0.142. The summed E-state index contributed by atoms with van der Waals surface area (Å²) in [6.45, 7) is 2.19. The first-order valence-corrected chi connectivity index (χ1v) is 7.86. The van der Waals surface area contributed by atoms with Crippen LogP contribution in [0.25, 0.3) is 10.2 Å². The molecule has 98 valence electrons. The van der Waals surface area contributed by atoms with E-state index in [0.29, 0.717) is 5.69 Å². The third kappa shape index (κ3) is 2.55. The highest BCUT2D eigenvalue weighted by molar-refractivity contribution is 7.99. The van der Waals surface area contributed by atoms with Gasteiger partial charge in [-0.2, -0.15) is 11.8 Å². The predicted molar refractivity (Wildman–Crippen MR) is 81.5 cm³/mol. The van der Waals surface area contributed by atoms with Crippen molar-refractivity contribution in [1.82, 2.24) is 4.98 Å². The van der Waals surface area contributed by atoms with Gasteiger partial charge in [-0.05, 0) is 25.3 Å². The van der Waals surface area contributed by atoms with Crippen LogP contribution in [0.3, 0.4) is 0 Å². The average molecular weight is 283 g/mol. The third-order valence-corrected chi connectivity index (χ3v) is 4.92. The van der Waals surface area contributed by atoms with E-state index in [1.54, 1.807) is 28.6 Å². The quantitative estimate of drug-likeness (QED) is 0.735. The minimum atomic E-state index is 0.142. The first kappa shape index (κ1) is 13.5. The smallest absolute Gasteiger partial charge is 0.106 e. The Labute approximate surface area is 115 Å². The van der Waals surface area contributed by atoms with Gasteiger partial charge in [0.05, 0.1) is 28.2 Å². The molecule has 0 aliphatic heterocycles. The number of nitrogens with two attached hydrogens (primary N) is 1. The van der Waals surface area contributed by atoms with E-state index in [4.69, 9.17) is 5.73 Å². The Morgan fingerprint density at radius 3 is 3.00 bits per heavy atom. The number of thioether (sulfide) groups is 1. The SMILES string of the molecule is CSC(CO)C(C)Nc1ccc2scnc2c1N. The molecule has 2 rings (SSSR count). The molecule has 2 aromatic rings. The van der Waals surface area contributed by atoms with Gasteiger partial charge in [-0.1, -0.05) is 0 Å². The van der Waals surface area contributed by atoms with Crippen LogP contribution in [-0.2, 0) is 0 Å². The Hall–Kier alpha value is -0.980. The zero-order chi connectivity index (χ0) is 13.1. The lowest BCUT2D eigenvalue weighted by molar-refractivity contribution is 0.288. The number of aromatic nitrogens is 1.